The molecule has 2 aromatic heterocycles. The van der Waals surface area contributed by atoms with Crippen LogP contribution in [0.2, 0.25) is 0 Å². The smallest absolute Gasteiger partial charge is 0.251 e. The summed E-state index contributed by atoms with van der Waals surface area (Å²) in [7, 11) is 1.63. The molecule has 1 aliphatic rings. The molecule has 2 atom stereocenters. The number of ether oxygens (including phenoxy) is 1. The topological polar surface area (TPSA) is 127 Å². The summed E-state index contributed by atoms with van der Waals surface area (Å²) in [5.41, 5.74) is 10.0. The van der Waals surface area contributed by atoms with Crippen LogP contribution in [0.4, 0.5) is 5.82 Å². The lowest BCUT2D eigenvalue weighted by molar-refractivity contribution is 0.0964. The molecule has 1 amide bonds. The maximum Gasteiger partial charge on any atom is 0.251 e. The van der Waals surface area contributed by atoms with E-state index in [0.717, 1.165) is 40.0 Å². The molecule has 192 valence electrons. The van der Waals surface area contributed by atoms with Crippen molar-refractivity contribution in [2.45, 2.75) is 24.7 Å². The summed E-state index contributed by atoms with van der Waals surface area (Å²) < 4.78 is 5.61. The molecule has 2 unspecified atom stereocenters. The first-order valence-corrected chi connectivity index (χ1v) is 13.3. The minimum absolute atomic E-state index is 0.0898. The number of fused-ring (bicyclic) bond motifs is 1. The fourth-order valence-corrected chi connectivity index (χ4v) is 4.54. The van der Waals surface area contributed by atoms with Crippen LogP contribution >= 0.6 is 11.8 Å². The number of anilines is 1. The number of aliphatic imine (C=N–C) groups is 1. The summed E-state index contributed by atoms with van der Waals surface area (Å²) in [5.74, 6) is 1.01. The Bertz CT molecular complexity index is 1360. The van der Waals surface area contributed by atoms with Crippen LogP contribution < -0.4 is 16.4 Å². The number of para-hydroxylation sites is 1. The number of allylic oxidation sites excluding steroid dienone is 2. The van der Waals surface area contributed by atoms with E-state index in [2.05, 4.69) is 42.9 Å². The lowest BCUT2D eigenvalue weighted by atomic mass is 10.0. The number of hydrogen-bond donors (Lipinski definition) is 3. The van der Waals surface area contributed by atoms with Crippen molar-refractivity contribution >= 4 is 45.8 Å². The monoisotopic (exact) mass is 517 g/mol. The zero-order valence-corrected chi connectivity index (χ0v) is 22.0. The number of carbonyl (C=O) groups excluding carboxylic acids is 1. The molecule has 9 nitrogen and oxygen atoms in total. The number of hydrogen-bond acceptors (Lipinski definition) is 9. The average Bonchev–Trinajstić information content (AvgIpc) is 3.01. The molecule has 4 rings (SSSR count). The van der Waals surface area contributed by atoms with E-state index in [1.54, 1.807) is 37.3 Å². The van der Waals surface area contributed by atoms with Crippen molar-refractivity contribution in [1.29, 1.82) is 0 Å². The molecule has 1 aromatic carbocycles. The van der Waals surface area contributed by atoms with Gasteiger partial charge >= 0.3 is 0 Å². The third-order valence-electron chi connectivity index (χ3n) is 5.99. The third-order valence-corrected chi connectivity index (χ3v) is 6.99. The molecule has 0 fully saturated rings. The molecule has 0 bridgehead atoms. The van der Waals surface area contributed by atoms with Crippen LogP contribution in [0.3, 0.4) is 0 Å². The fraction of sp³-hybridized carbons (Fsp3) is 0.296. The largest absolute Gasteiger partial charge is 0.385 e. The maximum atomic E-state index is 12.3. The van der Waals surface area contributed by atoms with E-state index in [9.17, 15) is 4.79 Å². The highest BCUT2D eigenvalue weighted by Gasteiger charge is 2.15. The Labute approximate surface area is 220 Å². The third kappa shape index (κ3) is 6.72. The zero-order chi connectivity index (χ0) is 26.2. The number of carbonyl (C=O) groups is 1. The van der Waals surface area contributed by atoms with Crippen LogP contribution in [0.5, 0.6) is 0 Å². The van der Waals surface area contributed by atoms with Crippen LogP contribution in [0.1, 0.15) is 28.5 Å². The van der Waals surface area contributed by atoms with Gasteiger partial charge in [-0.25, -0.2) is 15.0 Å². The van der Waals surface area contributed by atoms with Crippen molar-refractivity contribution in [3.8, 4) is 0 Å². The van der Waals surface area contributed by atoms with Crippen LogP contribution in [-0.2, 0) is 11.2 Å². The molecule has 4 N–H and O–H groups in total. The Morgan fingerprint density at radius 3 is 2.95 bits per heavy atom. The molecule has 3 aromatic rings. The van der Waals surface area contributed by atoms with Crippen molar-refractivity contribution in [3.63, 3.8) is 0 Å². The SMILES string of the molecule is CNC(=O)c1ccnc2c(CC(CNc3cc(C4=C/N=C(\N)COC(C)/C=C\4)ncn3)SC)cccc12. The van der Waals surface area contributed by atoms with Gasteiger partial charge in [-0.3, -0.25) is 9.78 Å². The molecular formula is C27H31N7O2S. The molecule has 0 saturated heterocycles. The van der Waals surface area contributed by atoms with Gasteiger partial charge < -0.3 is 21.1 Å². The highest BCUT2D eigenvalue weighted by molar-refractivity contribution is 7.99. The minimum Gasteiger partial charge on any atom is -0.385 e. The van der Waals surface area contributed by atoms with Crippen LogP contribution in [0.15, 0.2) is 66.2 Å². The number of pyridine rings is 1. The summed E-state index contributed by atoms with van der Waals surface area (Å²) in [5, 5.41) is 7.26. The van der Waals surface area contributed by atoms with Gasteiger partial charge in [-0.15, -0.1) is 0 Å². The normalized spacial score (nSPS) is 20.4. The highest BCUT2D eigenvalue weighted by atomic mass is 32.2. The molecule has 0 spiro atoms. The second-order valence-electron chi connectivity index (χ2n) is 8.56. The Balaban J connectivity index is 1.50. The van der Waals surface area contributed by atoms with Crippen molar-refractivity contribution in [2.75, 3.05) is 31.8 Å². The Morgan fingerprint density at radius 1 is 1.27 bits per heavy atom. The van der Waals surface area contributed by atoms with E-state index in [1.807, 2.05) is 37.3 Å². The van der Waals surface area contributed by atoms with Gasteiger partial charge in [0.25, 0.3) is 5.91 Å². The number of thioether (sulfide) groups is 1. The Morgan fingerprint density at radius 2 is 2.14 bits per heavy atom. The number of nitrogens with one attached hydrogen (secondary N) is 2. The molecule has 0 aliphatic carbocycles. The minimum atomic E-state index is -0.118. The number of nitrogens with two attached hydrogens (primary N) is 1. The molecule has 0 radical (unpaired) electrons. The highest BCUT2D eigenvalue weighted by Crippen LogP contribution is 2.24. The summed E-state index contributed by atoms with van der Waals surface area (Å²) in [6.07, 6.45) is 11.6. The first-order chi connectivity index (χ1) is 18.0. The molecule has 3 heterocycles. The Hall–Kier alpha value is -3.76. The summed E-state index contributed by atoms with van der Waals surface area (Å²) in [6.45, 7) is 2.92. The molecule has 10 heteroatoms. The molecule has 0 saturated carbocycles. The van der Waals surface area contributed by atoms with E-state index < -0.39 is 0 Å². The van der Waals surface area contributed by atoms with Crippen LogP contribution in [0, 0.1) is 0 Å². The van der Waals surface area contributed by atoms with Gasteiger partial charge in [-0.05, 0) is 31.2 Å². The average molecular weight is 518 g/mol. The Kier molecular flexibility index (Phi) is 8.86. The second-order valence-corrected chi connectivity index (χ2v) is 9.70. The first kappa shape index (κ1) is 26.3. The number of amides is 1. The number of benzene rings is 1. The molecule has 1 aliphatic heterocycles. The fourth-order valence-electron chi connectivity index (χ4n) is 3.94. The summed E-state index contributed by atoms with van der Waals surface area (Å²) in [6, 6.07) is 9.64. The summed E-state index contributed by atoms with van der Waals surface area (Å²) >= 11 is 1.77. The number of aromatic nitrogens is 3. The van der Waals surface area contributed by atoms with Crippen molar-refractivity contribution in [1.82, 2.24) is 20.3 Å². The van der Waals surface area contributed by atoms with Gasteiger partial charge in [0.1, 0.15) is 24.6 Å². The molecule has 37 heavy (non-hydrogen) atoms. The maximum absolute atomic E-state index is 12.3. The zero-order valence-electron chi connectivity index (χ0n) is 21.1. The van der Waals surface area contributed by atoms with Gasteiger partial charge in [-0.1, -0.05) is 30.4 Å². The lowest BCUT2D eigenvalue weighted by Gasteiger charge is -2.17. The van der Waals surface area contributed by atoms with Crippen molar-refractivity contribution in [2.24, 2.45) is 10.7 Å². The molecular weight excluding hydrogens is 486 g/mol. The number of rotatable bonds is 8. The number of amidine groups is 1. The van der Waals surface area contributed by atoms with Gasteiger partial charge in [0, 0.05) is 48.3 Å². The van der Waals surface area contributed by atoms with E-state index in [-0.39, 0.29) is 23.9 Å². The van der Waals surface area contributed by atoms with Crippen LogP contribution in [0.25, 0.3) is 16.5 Å². The predicted molar refractivity (Wildman–Crippen MR) is 151 cm³/mol. The first-order valence-electron chi connectivity index (χ1n) is 12.0. The van der Waals surface area contributed by atoms with Gasteiger partial charge in [0.05, 0.1) is 22.9 Å². The van der Waals surface area contributed by atoms with E-state index in [1.165, 1.54) is 6.33 Å². The lowest BCUT2D eigenvalue weighted by Crippen LogP contribution is -2.21. The van der Waals surface area contributed by atoms with Crippen LogP contribution in [-0.4, -0.2) is 64.5 Å². The van der Waals surface area contributed by atoms with Gasteiger partial charge in [0.2, 0.25) is 0 Å². The standard InChI is InChI=1S/C27H31N7O2S/c1-17-7-8-19(13-31-24(28)15-36-17)23-12-25(34-16-33-23)32-14-20(37-3)11-18-5-4-6-21-22(27(35)29-2)9-10-30-26(18)21/h4-10,12-13,16-17,20H,11,14-15H2,1-3H3,(H2,28,31)(H,29,35)(H,32,33,34)/b8-7-,19-13+. The van der Waals surface area contributed by atoms with E-state index >= 15 is 0 Å². The predicted octanol–water partition coefficient (Wildman–Crippen LogP) is 3.44. The number of nitrogens with zero attached hydrogens (tertiary/aromatic N) is 4. The van der Waals surface area contributed by atoms with Crippen molar-refractivity contribution < 1.29 is 9.53 Å². The van der Waals surface area contributed by atoms with E-state index in [4.69, 9.17) is 10.5 Å². The summed E-state index contributed by atoms with van der Waals surface area (Å²) in [4.78, 5) is 30.0. The van der Waals surface area contributed by atoms with Gasteiger partial charge in [0.15, 0.2) is 0 Å². The van der Waals surface area contributed by atoms with Crippen molar-refractivity contribution in [3.05, 3.63) is 78.0 Å². The van der Waals surface area contributed by atoms with Gasteiger partial charge in [-0.2, -0.15) is 11.8 Å². The van der Waals surface area contributed by atoms with E-state index in [0.29, 0.717) is 17.9 Å². The second kappa shape index (κ2) is 12.5. The quantitative estimate of drug-likeness (QED) is 0.415.